The summed E-state index contributed by atoms with van der Waals surface area (Å²) in [5.41, 5.74) is 0.374. The Hall–Kier alpha value is -1.78. The van der Waals surface area contributed by atoms with Crippen molar-refractivity contribution in [2.45, 2.75) is 59.0 Å². The van der Waals surface area contributed by atoms with Crippen LogP contribution in [0, 0.1) is 5.41 Å². The normalized spacial score (nSPS) is 24.7. The van der Waals surface area contributed by atoms with Crippen molar-refractivity contribution in [3.8, 4) is 0 Å². The van der Waals surface area contributed by atoms with Gasteiger partial charge in [-0.15, -0.1) is 0 Å². The number of nitrogens with zero attached hydrogens (tertiary/aromatic N) is 3. The quantitative estimate of drug-likeness (QED) is 0.855. The van der Waals surface area contributed by atoms with Crippen LogP contribution in [0.15, 0.2) is 18.3 Å². The van der Waals surface area contributed by atoms with Gasteiger partial charge in [0, 0.05) is 37.9 Å². The highest BCUT2D eigenvalue weighted by molar-refractivity contribution is 5.94. The van der Waals surface area contributed by atoms with Crippen LogP contribution in [0.2, 0.25) is 0 Å². The summed E-state index contributed by atoms with van der Waals surface area (Å²) in [6.07, 6.45) is 4.69. The van der Waals surface area contributed by atoms with Crippen LogP contribution >= 0.6 is 0 Å². The smallest absolute Gasteiger partial charge is 0.270 e. The van der Waals surface area contributed by atoms with Gasteiger partial charge in [-0.1, -0.05) is 0 Å². The predicted octanol–water partition coefficient (Wildman–Crippen LogP) is 2.93. The molecule has 1 aromatic heterocycles. The molecule has 24 heavy (non-hydrogen) atoms. The molecule has 1 spiro atoms. The standard InChI is InChI=1S/C19H29N3O2/c1-14(2)21-10-5-7-16(21)17(23)20-12-9-19(13-20)8-6-11-22(15(3)4)18(19)24/h5,7,10,14-15H,6,8-9,11-13H2,1-4H3/t19-/m1/s1. The molecule has 3 rings (SSSR count). The number of hydrogen-bond acceptors (Lipinski definition) is 2. The number of hydrogen-bond donors (Lipinski definition) is 0. The molecular weight excluding hydrogens is 302 g/mol. The Labute approximate surface area is 144 Å². The zero-order valence-electron chi connectivity index (χ0n) is 15.3. The van der Waals surface area contributed by atoms with Gasteiger partial charge in [0.2, 0.25) is 5.91 Å². The minimum atomic E-state index is -0.354. The summed E-state index contributed by atoms with van der Waals surface area (Å²) in [6, 6.07) is 4.29. The van der Waals surface area contributed by atoms with E-state index in [-0.39, 0.29) is 29.3 Å². The second kappa shape index (κ2) is 6.26. The van der Waals surface area contributed by atoms with Gasteiger partial charge in [0.05, 0.1) is 5.41 Å². The van der Waals surface area contributed by atoms with Crippen LogP contribution < -0.4 is 0 Å². The Morgan fingerprint density at radius 3 is 2.54 bits per heavy atom. The van der Waals surface area contributed by atoms with Crippen LogP contribution in [-0.2, 0) is 4.79 Å². The maximum Gasteiger partial charge on any atom is 0.270 e. The maximum atomic E-state index is 13.0. The van der Waals surface area contributed by atoms with E-state index in [9.17, 15) is 9.59 Å². The van der Waals surface area contributed by atoms with Crippen molar-refractivity contribution < 1.29 is 9.59 Å². The van der Waals surface area contributed by atoms with Gasteiger partial charge in [-0.2, -0.15) is 0 Å². The number of aromatic nitrogens is 1. The highest BCUT2D eigenvalue weighted by Crippen LogP contribution is 2.41. The molecule has 132 valence electrons. The maximum absolute atomic E-state index is 13.0. The second-order valence-corrected chi connectivity index (χ2v) is 7.85. The zero-order valence-corrected chi connectivity index (χ0v) is 15.3. The lowest BCUT2D eigenvalue weighted by atomic mass is 9.78. The molecule has 0 N–H and O–H groups in total. The van der Waals surface area contributed by atoms with Gasteiger partial charge in [-0.25, -0.2) is 0 Å². The first-order valence-corrected chi connectivity index (χ1v) is 9.13. The van der Waals surface area contributed by atoms with Crippen molar-refractivity contribution in [1.82, 2.24) is 14.4 Å². The van der Waals surface area contributed by atoms with E-state index in [1.807, 2.05) is 32.7 Å². The van der Waals surface area contributed by atoms with Gasteiger partial charge >= 0.3 is 0 Å². The van der Waals surface area contributed by atoms with E-state index in [0.29, 0.717) is 13.1 Å². The average Bonchev–Trinajstić information content (AvgIpc) is 3.17. The molecule has 5 nitrogen and oxygen atoms in total. The first-order chi connectivity index (χ1) is 11.4. The van der Waals surface area contributed by atoms with Crippen LogP contribution in [-0.4, -0.2) is 51.9 Å². The topological polar surface area (TPSA) is 45.5 Å². The molecule has 3 heterocycles. The lowest BCUT2D eigenvalue weighted by Gasteiger charge is -2.41. The lowest BCUT2D eigenvalue weighted by molar-refractivity contribution is -0.147. The van der Waals surface area contributed by atoms with Gasteiger partial charge in [0.15, 0.2) is 0 Å². The third-order valence-corrected chi connectivity index (χ3v) is 5.59. The largest absolute Gasteiger partial charge is 0.341 e. The molecule has 2 amide bonds. The van der Waals surface area contributed by atoms with Crippen molar-refractivity contribution in [3.05, 3.63) is 24.0 Å². The van der Waals surface area contributed by atoms with Crippen LogP contribution in [0.3, 0.4) is 0 Å². The molecule has 1 atom stereocenters. The van der Waals surface area contributed by atoms with E-state index in [2.05, 4.69) is 27.7 Å². The number of carbonyl (C=O) groups excluding carboxylic acids is 2. The number of carbonyl (C=O) groups is 2. The molecule has 2 saturated heterocycles. The fourth-order valence-electron chi connectivity index (χ4n) is 4.21. The van der Waals surface area contributed by atoms with Gasteiger partial charge < -0.3 is 14.4 Å². The minimum absolute atomic E-state index is 0.0556. The first kappa shape index (κ1) is 17.1. The van der Waals surface area contributed by atoms with Crippen molar-refractivity contribution in [2.75, 3.05) is 19.6 Å². The van der Waals surface area contributed by atoms with E-state index in [1.165, 1.54) is 0 Å². The monoisotopic (exact) mass is 331 g/mol. The van der Waals surface area contributed by atoms with Gasteiger partial charge in [-0.05, 0) is 59.1 Å². The molecular formula is C19H29N3O2. The molecule has 2 aliphatic heterocycles. The summed E-state index contributed by atoms with van der Waals surface area (Å²) in [5, 5.41) is 0. The third kappa shape index (κ3) is 2.74. The Morgan fingerprint density at radius 1 is 1.12 bits per heavy atom. The SMILES string of the molecule is CC(C)N1CCC[C@]2(CCN(C(=O)c3cccn3C(C)C)C2)C1=O. The van der Waals surface area contributed by atoms with E-state index < -0.39 is 0 Å². The summed E-state index contributed by atoms with van der Waals surface area (Å²) in [7, 11) is 0. The lowest BCUT2D eigenvalue weighted by Crippen LogP contribution is -2.52. The fraction of sp³-hybridized carbons (Fsp3) is 0.684. The van der Waals surface area contributed by atoms with Gasteiger partial charge in [0.1, 0.15) is 5.69 Å². The molecule has 5 heteroatoms. The number of piperidine rings is 1. The summed E-state index contributed by atoms with van der Waals surface area (Å²) >= 11 is 0. The minimum Gasteiger partial charge on any atom is -0.341 e. The Bertz CT molecular complexity index is 634. The Balaban J connectivity index is 1.78. The van der Waals surface area contributed by atoms with Crippen molar-refractivity contribution in [3.63, 3.8) is 0 Å². The predicted molar refractivity (Wildman–Crippen MR) is 93.9 cm³/mol. The van der Waals surface area contributed by atoms with Crippen molar-refractivity contribution in [2.24, 2.45) is 5.41 Å². The van der Waals surface area contributed by atoms with Crippen molar-refractivity contribution >= 4 is 11.8 Å². The molecule has 0 aliphatic carbocycles. The van der Waals surface area contributed by atoms with Crippen LogP contribution in [0.1, 0.15) is 63.5 Å². The number of rotatable bonds is 3. The van der Waals surface area contributed by atoms with Crippen LogP contribution in [0.5, 0.6) is 0 Å². The first-order valence-electron chi connectivity index (χ1n) is 9.13. The summed E-state index contributed by atoms with van der Waals surface area (Å²) in [4.78, 5) is 29.8. The zero-order chi connectivity index (χ0) is 17.5. The second-order valence-electron chi connectivity index (χ2n) is 7.85. The van der Waals surface area contributed by atoms with Crippen LogP contribution in [0.4, 0.5) is 0 Å². The molecule has 0 unspecified atom stereocenters. The van der Waals surface area contributed by atoms with E-state index in [4.69, 9.17) is 0 Å². The Morgan fingerprint density at radius 2 is 1.88 bits per heavy atom. The van der Waals surface area contributed by atoms with E-state index >= 15 is 0 Å². The molecule has 0 aromatic carbocycles. The molecule has 0 bridgehead atoms. The molecule has 0 saturated carbocycles. The average molecular weight is 331 g/mol. The molecule has 0 radical (unpaired) electrons. The highest BCUT2D eigenvalue weighted by Gasteiger charge is 2.50. The summed E-state index contributed by atoms with van der Waals surface area (Å²) < 4.78 is 2.01. The Kier molecular flexibility index (Phi) is 4.45. The fourth-order valence-corrected chi connectivity index (χ4v) is 4.21. The highest BCUT2D eigenvalue weighted by atomic mass is 16.2. The summed E-state index contributed by atoms with van der Waals surface area (Å²) in [5.74, 6) is 0.304. The molecule has 2 fully saturated rings. The molecule has 2 aliphatic rings. The molecule has 1 aromatic rings. The number of amides is 2. The van der Waals surface area contributed by atoms with Crippen molar-refractivity contribution in [1.29, 1.82) is 0 Å². The van der Waals surface area contributed by atoms with E-state index in [1.54, 1.807) is 0 Å². The van der Waals surface area contributed by atoms with Gasteiger partial charge in [0.25, 0.3) is 5.91 Å². The summed E-state index contributed by atoms with van der Waals surface area (Å²) in [6.45, 7) is 10.4. The number of likely N-dealkylation sites (tertiary alicyclic amines) is 2. The van der Waals surface area contributed by atoms with E-state index in [0.717, 1.165) is 31.5 Å². The van der Waals surface area contributed by atoms with Gasteiger partial charge in [-0.3, -0.25) is 9.59 Å². The van der Waals surface area contributed by atoms with Crippen LogP contribution in [0.25, 0.3) is 0 Å². The third-order valence-electron chi connectivity index (χ3n) is 5.59.